The summed E-state index contributed by atoms with van der Waals surface area (Å²) in [7, 11) is 0. The zero-order chi connectivity index (χ0) is 16.3. The largest absolute Gasteiger partial charge is 0.462 e. The lowest BCUT2D eigenvalue weighted by Gasteiger charge is -2.42. The molecule has 4 N–H and O–H groups in total. The number of hydrogen-bond donors (Lipinski definition) is 4. The summed E-state index contributed by atoms with van der Waals surface area (Å²) < 4.78 is 11.2. The van der Waals surface area contributed by atoms with Gasteiger partial charge in [0.2, 0.25) is 12.2 Å². The number of para-hydroxylation sites is 1. The fourth-order valence-electron chi connectivity index (χ4n) is 2.38. The molecule has 1 saturated heterocycles. The van der Waals surface area contributed by atoms with Crippen molar-refractivity contribution in [1.82, 2.24) is 5.32 Å². The van der Waals surface area contributed by atoms with E-state index in [9.17, 15) is 20.1 Å². The molecular formula is C15H21NO6. The molecule has 5 atom stereocenters. The molecule has 7 nitrogen and oxygen atoms in total. The molecule has 1 aliphatic rings. The fourth-order valence-corrected chi connectivity index (χ4v) is 2.38. The Morgan fingerprint density at radius 3 is 2.59 bits per heavy atom. The van der Waals surface area contributed by atoms with Crippen LogP contribution in [0.4, 0.5) is 0 Å². The van der Waals surface area contributed by atoms with Gasteiger partial charge in [-0.05, 0) is 18.6 Å². The number of nitrogens with one attached hydrogen (secondary N) is 1. The number of carbonyl (C=O) groups excluding carboxylic acids is 1. The molecule has 7 heteroatoms. The van der Waals surface area contributed by atoms with Crippen LogP contribution in [0, 0.1) is 6.92 Å². The lowest BCUT2D eigenvalue weighted by Crippen LogP contribution is -2.65. The maximum absolute atomic E-state index is 11.3. The number of carbonyl (C=O) groups is 1. The SMILES string of the molecule is CC(=O)N[C@H]1[C@H](Oc2ccccc2C)O[C@H](CO)[C@H](O)[C@@H]1O. The van der Waals surface area contributed by atoms with Gasteiger partial charge in [0.1, 0.15) is 30.1 Å². The summed E-state index contributed by atoms with van der Waals surface area (Å²) in [6.45, 7) is 2.67. The average molecular weight is 311 g/mol. The lowest BCUT2D eigenvalue weighted by molar-refractivity contribution is -0.244. The van der Waals surface area contributed by atoms with Gasteiger partial charge in [-0.3, -0.25) is 4.79 Å². The minimum atomic E-state index is -1.32. The van der Waals surface area contributed by atoms with Crippen LogP contribution in [0.5, 0.6) is 5.75 Å². The van der Waals surface area contributed by atoms with Crippen LogP contribution in [-0.4, -0.2) is 58.5 Å². The Hall–Kier alpha value is -1.67. The quantitative estimate of drug-likeness (QED) is 0.587. The zero-order valence-corrected chi connectivity index (χ0v) is 12.5. The summed E-state index contributed by atoms with van der Waals surface area (Å²) in [4.78, 5) is 11.3. The summed E-state index contributed by atoms with van der Waals surface area (Å²) in [6, 6.07) is 6.27. The van der Waals surface area contributed by atoms with E-state index < -0.39 is 37.3 Å². The van der Waals surface area contributed by atoms with Crippen molar-refractivity contribution in [2.24, 2.45) is 0 Å². The summed E-state index contributed by atoms with van der Waals surface area (Å²) in [5.41, 5.74) is 0.855. The predicted molar refractivity (Wildman–Crippen MR) is 77.2 cm³/mol. The minimum Gasteiger partial charge on any atom is -0.462 e. The maximum atomic E-state index is 11.3. The Morgan fingerprint density at radius 1 is 1.32 bits per heavy atom. The first-order valence-electron chi connectivity index (χ1n) is 7.06. The molecule has 0 bridgehead atoms. The molecule has 1 fully saturated rings. The molecule has 0 spiro atoms. The van der Waals surface area contributed by atoms with Gasteiger partial charge in [0, 0.05) is 6.92 Å². The number of amides is 1. The molecule has 0 aromatic heterocycles. The number of hydrogen-bond acceptors (Lipinski definition) is 6. The van der Waals surface area contributed by atoms with E-state index in [1.807, 2.05) is 19.1 Å². The van der Waals surface area contributed by atoms with Crippen molar-refractivity contribution in [3.63, 3.8) is 0 Å². The summed E-state index contributed by atoms with van der Waals surface area (Å²) in [5.74, 6) is 0.142. The van der Waals surface area contributed by atoms with Crippen molar-refractivity contribution < 1.29 is 29.6 Å². The zero-order valence-electron chi connectivity index (χ0n) is 12.5. The Balaban J connectivity index is 2.23. The van der Waals surface area contributed by atoms with E-state index in [-0.39, 0.29) is 5.91 Å². The second-order valence-corrected chi connectivity index (χ2v) is 5.32. The molecule has 1 heterocycles. The van der Waals surface area contributed by atoms with Gasteiger partial charge in [-0.1, -0.05) is 18.2 Å². The summed E-state index contributed by atoms with van der Waals surface area (Å²) >= 11 is 0. The van der Waals surface area contributed by atoms with Crippen LogP contribution >= 0.6 is 0 Å². The highest BCUT2D eigenvalue weighted by molar-refractivity contribution is 5.73. The van der Waals surface area contributed by atoms with Crippen molar-refractivity contribution in [2.45, 2.75) is 44.5 Å². The Kier molecular flexibility index (Phi) is 5.36. The number of ether oxygens (including phenoxy) is 2. The number of aliphatic hydroxyl groups is 3. The van der Waals surface area contributed by atoms with Gasteiger partial charge < -0.3 is 30.1 Å². The second-order valence-electron chi connectivity index (χ2n) is 5.32. The molecule has 1 aromatic rings. The molecule has 1 amide bonds. The molecule has 1 aromatic carbocycles. The van der Waals surface area contributed by atoms with Gasteiger partial charge in [0.15, 0.2) is 0 Å². The van der Waals surface area contributed by atoms with E-state index in [0.717, 1.165) is 5.56 Å². The molecule has 0 saturated carbocycles. The van der Waals surface area contributed by atoms with Crippen molar-refractivity contribution >= 4 is 5.91 Å². The molecule has 0 aliphatic carbocycles. The summed E-state index contributed by atoms with van der Waals surface area (Å²) in [6.07, 6.45) is -4.66. The fraction of sp³-hybridized carbons (Fsp3) is 0.533. The van der Waals surface area contributed by atoms with E-state index in [0.29, 0.717) is 5.75 Å². The van der Waals surface area contributed by atoms with Crippen molar-refractivity contribution in [3.8, 4) is 5.75 Å². The molecule has 0 radical (unpaired) electrons. The van der Waals surface area contributed by atoms with Crippen LogP contribution < -0.4 is 10.1 Å². The number of benzene rings is 1. The van der Waals surface area contributed by atoms with Gasteiger partial charge >= 0.3 is 0 Å². The highest BCUT2D eigenvalue weighted by Crippen LogP contribution is 2.26. The van der Waals surface area contributed by atoms with E-state index in [2.05, 4.69) is 5.32 Å². The Morgan fingerprint density at radius 2 is 2.00 bits per heavy atom. The smallest absolute Gasteiger partial charge is 0.223 e. The third-order valence-corrected chi connectivity index (χ3v) is 3.59. The molecule has 0 unspecified atom stereocenters. The van der Waals surface area contributed by atoms with Crippen molar-refractivity contribution in [3.05, 3.63) is 29.8 Å². The van der Waals surface area contributed by atoms with Crippen molar-refractivity contribution in [2.75, 3.05) is 6.61 Å². The molecule has 22 heavy (non-hydrogen) atoms. The first kappa shape index (κ1) is 16.7. The highest BCUT2D eigenvalue weighted by atomic mass is 16.7. The van der Waals surface area contributed by atoms with Crippen LogP contribution in [0.2, 0.25) is 0 Å². The second kappa shape index (κ2) is 7.06. The average Bonchev–Trinajstić information content (AvgIpc) is 2.48. The molecular weight excluding hydrogens is 290 g/mol. The van der Waals surface area contributed by atoms with Gasteiger partial charge in [0.25, 0.3) is 0 Å². The first-order chi connectivity index (χ1) is 10.4. The monoisotopic (exact) mass is 311 g/mol. The highest BCUT2D eigenvalue weighted by Gasteiger charge is 2.46. The molecule has 122 valence electrons. The van der Waals surface area contributed by atoms with E-state index in [1.165, 1.54) is 6.92 Å². The maximum Gasteiger partial charge on any atom is 0.223 e. The van der Waals surface area contributed by atoms with E-state index in [4.69, 9.17) is 9.47 Å². The number of aliphatic hydroxyl groups excluding tert-OH is 3. The van der Waals surface area contributed by atoms with Gasteiger partial charge in [-0.2, -0.15) is 0 Å². The van der Waals surface area contributed by atoms with Crippen LogP contribution in [0.3, 0.4) is 0 Å². The lowest BCUT2D eigenvalue weighted by atomic mass is 9.97. The molecule has 2 rings (SSSR count). The van der Waals surface area contributed by atoms with Gasteiger partial charge in [0.05, 0.1) is 6.61 Å². The Bertz CT molecular complexity index is 523. The first-order valence-corrected chi connectivity index (χ1v) is 7.06. The summed E-state index contributed by atoms with van der Waals surface area (Å²) in [5, 5.41) is 31.8. The predicted octanol–water partition coefficient (Wildman–Crippen LogP) is -0.682. The normalized spacial score (nSPS) is 31.6. The van der Waals surface area contributed by atoms with E-state index >= 15 is 0 Å². The third kappa shape index (κ3) is 3.56. The number of rotatable bonds is 4. The van der Waals surface area contributed by atoms with Crippen molar-refractivity contribution in [1.29, 1.82) is 0 Å². The molecule has 1 aliphatic heterocycles. The van der Waals surface area contributed by atoms with Crippen LogP contribution in [0.25, 0.3) is 0 Å². The topological polar surface area (TPSA) is 108 Å². The standard InChI is InChI=1S/C15H21NO6/c1-8-5-3-4-6-10(8)21-15-12(16-9(2)18)14(20)13(19)11(7-17)22-15/h3-6,11-15,17,19-20H,7H2,1-2H3,(H,16,18)/t11-,12-,13+,14-,15-/m1/s1. The minimum absolute atomic E-state index is 0.388. The number of aryl methyl sites for hydroxylation is 1. The van der Waals surface area contributed by atoms with Crippen LogP contribution in [-0.2, 0) is 9.53 Å². The van der Waals surface area contributed by atoms with Crippen LogP contribution in [0.1, 0.15) is 12.5 Å². The van der Waals surface area contributed by atoms with Gasteiger partial charge in [-0.25, -0.2) is 0 Å². The van der Waals surface area contributed by atoms with E-state index in [1.54, 1.807) is 12.1 Å². The van der Waals surface area contributed by atoms with Gasteiger partial charge in [-0.15, -0.1) is 0 Å². The van der Waals surface area contributed by atoms with Crippen LogP contribution in [0.15, 0.2) is 24.3 Å². The Labute approximate surface area is 128 Å². The third-order valence-electron chi connectivity index (χ3n) is 3.59.